The third kappa shape index (κ3) is 3.34. The largest absolute Gasteiger partial charge is 0.496 e. The van der Waals surface area contributed by atoms with Crippen LogP contribution in [0.25, 0.3) is 33.6 Å². The quantitative estimate of drug-likeness (QED) is 0.502. The van der Waals surface area contributed by atoms with Gasteiger partial charge in [0.2, 0.25) is 0 Å². The van der Waals surface area contributed by atoms with Gasteiger partial charge in [-0.05, 0) is 36.4 Å². The second-order valence-corrected chi connectivity index (χ2v) is 6.28. The summed E-state index contributed by atoms with van der Waals surface area (Å²) in [6, 6.07) is 10.3. The van der Waals surface area contributed by atoms with Gasteiger partial charge in [-0.3, -0.25) is 0 Å². The van der Waals surface area contributed by atoms with Gasteiger partial charge < -0.3 is 23.5 Å². The Kier molecular flexibility index (Phi) is 4.77. The van der Waals surface area contributed by atoms with Gasteiger partial charge >= 0.3 is 5.97 Å². The van der Waals surface area contributed by atoms with E-state index in [0.29, 0.717) is 39.3 Å². The average Bonchev–Trinajstić information content (AvgIpc) is 3.32. The highest BCUT2D eigenvalue weighted by Crippen LogP contribution is 2.40. The van der Waals surface area contributed by atoms with Gasteiger partial charge in [0.15, 0.2) is 5.76 Å². The van der Waals surface area contributed by atoms with Crippen LogP contribution in [0.4, 0.5) is 4.39 Å². The predicted octanol–water partition coefficient (Wildman–Crippen LogP) is 4.75. The fraction of sp³-hybridized carbons (Fsp3) is 0.143. The maximum atomic E-state index is 13.3. The Morgan fingerprint density at radius 1 is 1.17 bits per heavy atom. The molecule has 0 radical (unpaired) electrons. The zero-order valence-electron chi connectivity index (χ0n) is 15.6. The summed E-state index contributed by atoms with van der Waals surface area (Å²) in [6.45, 7) is 0.260. The molecular formula is C21H16FNO6. The van der Waals surface area contributed by atoms with Crippen LogP contribution < -0.4 is 4.74 Å². The summed E-state index contributed by atoms with van der Waals surface area (Å²) in [5.41, 5.74) is 1.81. The molecule has 0 saturated heterocycles. The first kappa shape index (κ1) is 18.7. The summed E-state index contributed by atoms with van der Waals surface area (Å²) in [7, 11) is 3.02. The number of aromatic carboxylic acids is 1. The Bertz CT molecular complexity index is 1190. The number of carboxylic acids is 1. The van der Waals surface area contributed by atoms with Crippen LogP contribution in [0.1, 0.15) is 16.1 Å². The number of carbonyl (C=O) groups is 1. The number of fused-ring (bicyclic) bond motifs is 1. The first-order chi connectivity index (χ1) is 14.0. The average molecular weight is 397 g/mol. The Labute approximate surface area is 164 Å². The fourth-order valence-corrected chi connectivity index (χ4v) is 3.16. The molecule has 0 unspecified atom stereocenters. The lowest BCUT2D eigenvalue weighted by molar-refractivity contribution is 0.0699. The Hall–Kier alpha value is -3.65. The van der Waals surface area contributed by atoms with Crippen molar-refractivity contribution in [1.82, 2.24) is 5.16 Å². The highest BCUT2D eigenvalue weighted by molar-refractivity contribution is 6.09. The van der Waals surface area contributed by atoms with Crippen molar-refractivity contribution in [3.05, 3.63) is 59.6 Å². The molecule has 7 nitrogen and oxygen atoms in total. The summed E-state index contributed by atoms with van der Waals surface area (Å²) in [6.07, 6.45) is 0. The van der Waals surface area contributed by atoms with Crippen molar-refractivity contribution in [2.24, 2.45) is 0 Å². The first-order valence-electron chi connectivity index (χ1n) is 8.60. The van der Waals surface area contributed by atoms with E-state index in [-0.39, 0.29) is 17.9 Å². The SMILES string of the molecule is COCc1cc(-c2cc3oc(-c4ccc(F)cc4)c(C(=O)O)c3cc2OC)no1. The lowest BCUT2D eigenvalue weighted by atomic mass is 10.0. The lowest BCUT2D eigenvalue weighted by Gasteiger charge is -2.05. The monoisotopic (exact) mass is 397 g/mol. The molecule has 1 N–H and O–H groups in total. The van der Waals surface area contributed by atoms with Gasteiger partial charge in [-0.25, -0.2) is 9.18 Å². The predicted molar refractivity (Wildman–Crippen MR) is 101 cm³/mol. The lowest BCUT2D eigenvalue weighted by Crippen LogP contribution is -1.97. The van der Waals surface area contributed by atoms with Crippen LogP contribution in [0, 0.1) is 5.82 Å². The third-order valence-electron chi connectivity index (χ3n) is 4.45. The molecule has 0 aliphatic carbocycles. The van der Waals surface area contributed by atoms with E-state index in [4.69, 9.17) is 18.4 Å². The van der Waals surface area contributed by atoms with Crippen molar-refractivity contribution in [3.63, 3.8) is 0 Å². The number of ether oxygens (including phenoxy) is 2. The van der Waals surface area contributed by atoms with Crippen molar-refractivity contribution in [1.29, 1.82) is 0 Å². The van der Waals surface area contributed by atoms with Gasteiger partial charge in [0.1, 0.15) is 40.8 Å². The second kappa shape index (κ2) is 7.40. The molecule has 148 valence electrons. The minimum absolute atomic E-state index is 0.0308. The fourth-order valence-electron chi connectivity index (χ4n) is 3.16. The summed E-state index contributed by atoms with van der Waals surface area (Å²) < 4.78 is 34.8. The molecule has 2 heterocycles. The van der Waals surface area contributed by atoms with E-state index in [1.165, 1.54) is 31.4 Å². The summed E-state index contributed by atoms with van der Waals surface area (Å²) >= 11 is 0. The standard InChI is InChI=1S/C21H16FNO6/c1-26-10-13-7-16(23-29-13)14-8-18-15(9-17(14)27-2)19(21(24)25)20(28-18)11-3-5-12(22)6-4-11/h3-9H,10H2,1-2H3,(H,24,25). The summed E-state index contributed by atoms with van der Waals surface area (Å²) in [5, 5.41) is 14.1. The maximum absolute atomic E-state index is 13.3. The van der Waals surface area contributed by atoms with Crippen LogP contribution in [0.2, 0.25) is 0 Å². The Morgan fingerprint density at radius 2 is 1.93 bits per heavy atom. The van der Waals surface area contributed by atoms with Gasteiger partial charge in [0.25, 0.3) is 0 Å². The van der Waals surface area contributed by atoms with Crippen molar-refractivity contribution < 1.29 is 32.7 Å². The molecule has 4 aromatic rings. The normalized spacial score (nSPS) is 11.1. The number of methoxy groups -OCH3 is 2. The molecule has 29 heavy (non-hydrogen) atoms. The molecular weight excluding hydrogens is 381 g/mol. The van der Waals surface area contributed by atoms with Crippen LogP contribution in [-0.2, 0) is 11.3 Å². The molecule has 0 spiro atoms. The third-order valence-corrected chi connectivity index (χ3v) is 4.45. The van der Waals surface area contributed by atoms with Gasteiger partial charge in [-0.15, -0.1) is 0 Å². The van der Waals surface area contributed by atoms with E-state index < -0.39 is 11.8 Å². The summed E-state index contributed by atoms with van der Waals surface area (Å²) in [5.74, 6) is -0.525. The van der Waals surface area contributed by atoms with E-state index in [1.807, 2.05) is 0 Å². The van der Waals surface area contributed by atoms with Crippen LogP contribution in [0.5, 0.6) is 5.75 Å². The zero-order valence-corrected chi connectivity index (χ0v) is 15.6. The van der Waals surface area contributed by atoms with E-state index in [9.17, 15) is 14.3 Å². The molecule has 2 aromatic heterocycles. The highest BCUT2D eigenvalue weighted by Gasteiger charge is 2.24. The molecule has 2 aromatic carbocycles. The first-order valence-corrected chi connectivity index (χ1v) is 8.60. The Balaban J connectivity index is 1.92. The smallest absolute Gasteiger partial charge is 0.340 e. The topological polar surface area (TPSA) is 94.9 Å². The number of carboxylic acid groups (broad SMARTS) is 1. The van der Waals surface area contributed by atoms with Gasteiger partial charge in [-0.1, -0.05) is 5.16 Å². The molecule has 8 heteroatoms. The Morgan fingerprint density at radius 3 is 2.59 bits per heavy atom. The number of halogens is 1. The van der Waals surface area contributed by atoms with Gasteiger partial charge in [-0.2, -0.15) is 0 Å². The molecule has 0 bridgehead atoms. The van der Waals surface area contributed by atoms with E-state index >= 15 is 0 Å². The molecule has 0 atom stereocenters. The number of rotatable bonds is 6. The molecule has 4 rings (SSSR count). The van der Waals surface area contributed by atoms with Gasteiger partial charge in [0.05, 0.1) is 7.11 Å². The van der Waals surface area contributed by atoms with Gasteiger partial charge in [0, 0.05) is 29.7 Å². The number of aromatic nitrogens is 1. The van der Waals surface area contributed by atoms with Crippen LogP contribution in [0.3, 0.4) is 0 Å². The van der Waals surface area contributed by atoms with E-state index in [0.717, 1.165) is 0 Å². The zero-order chi connectivity index (χ0) is 20.5. The van der Waals surface area contributed by atoms with Crippen LogP contribution >= 0.6 is 0 Å². The van der Waals surface area contributed by atoms with E-state index in [1.54, 1.807) is 25.3 Å². The molecule has 0 fully saturated rings. The van der Waals surface area contributed by atoms with Crippen molar-refractivity contribution in [2.45, 2.75) is 6.61 Å². The number of nitrogens with zero attached hydrogens (tertiary/aromatic N) is 1. The van der Waals surface area contributed by atoms with Crippen molar-refractivity contribution >= 4 is 16.9 Å². The van der Waals surface area contributed by atoms with E-state index in [2.05, 4.69) is 5.16 Å². The van der Waals surface area contributed by atoms with Crippen LogP contribution in [-0.4, -0.2) is 30.5 Å². The molecule has 0 saturated carbocycles. The highest BCUT2D eigenvalue weighted by atomic mass is 19.1. The minimum atomic E-state index is -1.17. The number of hydrogen-bond donors (Lipinski definition) is 1. The number of hydrogen-bond acceptors (Lipinski definition) is 6. The number of furan rings is 1. The van der Waals surface area contributed by atoms with Crippen molar-refractivity contribution in [2.75, 3.05) is 14.2 Å². The van der Waals surface area contributed by atoms with Crippen LogP contribution in [0.15, 0.2) is 51.4 Å². The second-order valence-electron chi connectivity index (χ2n) is 6.28. The number of benzene rings is 2. The maximum Gasteiger partial charge on any atom is 0.340 e. The van der Waals surface area contributed by atoms with Crippen molar-refractivity contribution in [3.8, 4) is 28.3 Å². The molecule has 0 aliphatic heterocycles. The minimum Gasteiger partial charge on any atom is -0.496 e. The molecule has 0 amide bonds. The summed E-state index contributed by atoms with van der Waals surface area (Å²) in [4.78, 5) is 12.0. The molecule has 0 aliphatic rings.